The van der Waals surface area contributed by atoms with E-state index in [-0.39, 0.29) is 0 Å². The molecule has 0 saturated heterocycles. The van der Waals surface area contributed by atoms with E-state index >= 15 is 0 Å². The Labute approximate surface area is 83.8 Å². The monoisotopic (exact) mass is 197 g/mol. The van der Waals surface area contributed by atoms with Crippen molar-refractivity contribution in [3.05, 3.63) is 18.2 Å². The molecule has 1 rings (SSSR count). The second-order valence-electron chi connectivity index (χ2n) is 3.69. The van der Waals surface area contributed by atoms with E-state index in [2.05, 4.69) is 29.1 Å². The molecule has 1 aromatic heterocycles. The molecule has 0 aromatic carbocycles. The lowest BCUT2D eigenvalue weighted by Crippen LogP contribution is -2.06. The summed E-state index contributed by atoms with van der Waals surface area (Å²) in [5, 5.41) is 3.04. The van der Waals surface area contributed by atoms with Crippen molar-refractivity contribution in [3.8, 4) is 0 Å². The number of nitrogens with zero attached hydrogens (tertiary/aromatic N) is 2. The van der Waals surface area contributed by atoms with Crippen LogP contribution >= 0.6 is 0 Å². The fourth-order valence-corrected chi connectivity index (χ4v) is 1.11. The fraction of sp³-hybridized carbons (Fsp3) is 0.600. The molecule has 3 nitrogen and oxygen atoms in total. The van der Waals surface area contributed by atoms with E-state index in [0.29, 0.717) is 11.9 Å². The summed E-state index contributed by atoms with van der Waals surface area (Å²) in [4.78, 5) is 7.60. The van der Waals surface area contributed by atoms with Gasteiger partial charge in [0.1, 0.15) is 0 Å². The first-order chi connectivity index (χ1) is 6.68. The van der Waals surface area contributed by atoms with Crippen molar-refractivity contribution in [3.63, 3.8) is 0 Å². The quantitative estimate of drug-likeness (QED) is 0.737. The Morgan fingerprint density at radius 3 is 2.57 bits per heavy atom. The lowest BCUT2D eigenvalue weighted by atomic mass is 10.1. The summed E-state index contributed by atoms with van der Waals surface area (Å²) in [6.07, 6.45) is 4.59. The molecule has 0 saturated carbocycles. The molecule has 0 amide bonds. The second-order valence-corrected chi connectivity index (χ2v) is 3.69. The molecule has 1 heterocycles. The summed E-state index contributed by atoms with van der Waals surface area (Å²) in [6.45, 7) is 5.21. The van der Waals surface area contributed by atoms with Crippen molar-refractivity contribution in [2.75, 3.05) is 11.9 Å². The molecule has 0 radical (unpaired) electrons. The summed E-state index contributed by atoms with van der Waals surface area (Å²) < 4.78 is 12.4. The number of hydrogen-bond donors (Lipinski definition) is 1. The molecular formula is C10H16FN3. The molecule has 14 heavy (non-hydrogen) atoms. The smallest absolute Gasteiger partial charge is 0.222 e. The zero-order valence-electron chi connectivity index (χ0n) is 8.63. The molecule has 0 fully saturated rings. The van der Waals surface area contributed by atoms with Crippen LogP contribution in [0.15, 0.2) is 12.4 Å². The van der Waals surface area contributed by atoms with E-state index in [9.17, 15) is 4.39 Å². The van der Waals surface area contributed by atoms with Gasteiger partial charge in [0.25, 0.3) is 0 Å². The van der Waals surface area contributed by atoms with Crippen LogP contribution in [0.25, 0.3) is 0 Å². The van der Waals surface area contributed by atoms with Crippen molar-refractivity contribution in [2.45, 2.75) is 26.7 Å². The van der Waals surface area contributed by atoms with Gasteiger partial charge in [0.2, 0.25) is 5.95 Å². The summed E-state index contributed by atoms with van der Waals surface area (Å²) >= 11 is 0. The Bertz CT molecular complexity index is 259. The highest BCUT2D eigenvalue weighted by Crippen LogP contribution is 2.04. The van der Waals surface area contributed by atoms with E-state index in [1.54, 1.807) is 0 Å². The van der Waals surface area contributed by atoms with Crippen molar-refractivity contribution < 1.29 is 4.39 Å². The lowest BCUT2D eigenvalue weighted by molar-refractivity contribution is 0.566. The van der Waals surface area contributed by atoms with Gasteiger partial charge < -0.3 is 5.32 Å². The Morgan fingerprint density at radius 2 is 2.00 bits per heavy atom. The van der Waals surface area contributed by atoms with E-state index < -0.39 is 5.82 Å². The van der Waals surface area contributed by atoms with E-state index in [1.807, 2.05) is 0 Å². The van der Waals surface area contributed by atoms with Crippen molar-refractivity contribution in [1.82, 2.24) is 9.97 Å². The normalized spacial score (nSPS) is 10.6. The molecule has 0 unspecified atom stereocenters. The van der Waals surface area contributed by atoms with Crippen LogP contribution in [0.1, 0.15) is 26.7 Å². The Balaban J connectivity index is 2.21. The highest BCUT2D eigenvalue weighted by molar-refractivity contribution is 5.21. The van der Waals surface area contributed by atoms with Crippen LogP contribution in [0, 0.1) is 11.7 Å². The maximum Gasteiger partial charge on any atom is 0.222 e. The van der Waals surface area contributed by atoms with Crippen LogP contribution in [0.5, 0.6) is 0 Å². The van der Waals surface area contributed by atoms with Crippen LogP contribution in [0.2, 0.25) is 0 Å². The van der Waals surface area contributed by atoms with E-state index in [0.717, 1.165) is 25.4 Å². The minimum Gasteiger partial charge on any atom is -0.354 e. The lowest BCUT2D eigenvalue weighted by Gasteiger charge is -2.05. The zero-order valence-corrected chi connectivity index (χ0v) is 8.63. The third-order valence-electron chi connectivity index (χ3n) is 1.86. The SMILES string of the molecule is CC(C)CCCNc1ncc(F)cn1. The molecule has 1 N–H and O–H groups in total. The second kappa shape index (κ2) is 5.52. The molecule has 4 heteroatoms. The molecule has 0 aliphatic carbocycles. The number of nitrogens with one attached hydrogen (secondary N) is 1. The Hall–Kier alpha value is -1.19. The van der Waals surface area contributed by atoms with Gasteiger partial charge in [0, 0.05) is 6.54 Å². The molecule has 0 atom stereocenters. The number of halogens is 1. The van der Waals surface area contributed by atoms with Gasteiger partial charge in [-0.3, -0.25) is 0 Å². The Kier molecular flexibility index (Phi) is 4.29. The number of anilines is 1. The van der Waals surface area contributed by atoms with Crippen molar-refractivity contribution in [1.29, 1.82) is 0 Å². The summed E-state index contributed by atoms with van der Waals surface area (Å²) in [5.41, 5.74) is 0. The maximum absolute atomic E-state index is 12.4. The minimum atomic E-state index is -0.405. The summed E-state index contributed by atoms with van der Waals surface area (Å²) in [7, 11) is 0. The van der Waals surface area contributed by atoms with Crippen molar-refractivity contribution in [2.24, 2.45) is 5.92 Å². The molecule has 1 aromatic rings. The van der Waals surface area contributed by atoms with Crippen LogP contribution in [-0.2, 0) is 0 Å². The van der Waals surface area contributed by atoms with Gasteiger partial charge in [-0.05, 0) is 18.8 Å². The molecule has 0 aliphatic heterocycles. The van der Waals surface area contributed by atoms with Gasteiger partial charge in [-0.1, -0.05) is 13.8 Å². The van der Waals surface area contributed by atoms with Crippen LogP contribution < -0.4 is 5.32 Å². The highest BCUT2D eigenvalue weighted by Gasteiger charge is 1.97. The maximum atomic E-state index is 12.4. The minimum absolute atomic E-state index is 0.405. The average molecular weight is 197 g/mol. The van der Waals surface area contributed by atoms with Crippen LogP contribution in [0.4, 0.5) is 10.3 Å². The molecular weight excluding hydrogens is 181 g/mol. The summed E-state index contributed by atoms with van der Waals surface area (Å²) in [6, 6.07) is 0. The van der Waals surface area contributed by atoms with Gasteiger partial charge in [0.15, 0.2) is 5.82 Å². The van der Waals surface area contributed by atoms with E-state index in [1.165, 1.54) is 6.42 Å². The Morgan fingerprint density at radius 1 is 1.36 bits per heavy atom. The first-order valence-electron chi connectivity index (χ1n) is 4.90. The highest BCUT2D eigenvalue weighted by atomic mass is 19.1. The first kappa shape index (κ1) is 10.9. The third-order valence-corrected chi connectivity index (χ3v) is 1.86. The van der Waals surface area contributed by atoms with Gasteiger partial charge >= 0.3 is 0 Å². The topological polar surface area (TPSA) is 37.8 Å². The number of aromatic nitrogens is 2. The average Bonchev–Trinajstić information content (AvgIpc) is 2.15. The largest absolute Gasteiger partial charge is 0.354 e. The third kappa shape index (κ3) is 4.16. The van der Waals surface area contributed by atoms with Gasteiger partial charge in [-0.2, -0.15) is 0 Å². The molecule has 0 spiro atoms. The zero-order chi connectivity index (χ0) is 10.4. The fourth-order valence-electron chi connectivity index (χ4n) is 1.11. The van der Waals surface area contributed by atoms with Gasteiger partial charge in [0.05, 0.1) is 12.4 Å². The van der Waals surface area contributed by atoms with Gasteiger partial charge in [-0.15, -0.1) is 0 Å². The van der Waals surface area contributed by atoms with Crippen LogP contribution in [-0.4, -0.2) is 16.5 Å². The predicted octanol–water partition coefficient (Wildman–Crippen LogP) is 2.46. The molecule has 0 bridgehead atoms. The first-order valence-corrected chi connectivity index (χ1v) is 4.90. The molecule has 78 valence electrons. The van der Waals surface area contributed by atoms with Crippen LogP contribution in [0.3, 0.4) is 0 Å². The van der Waals surface area contributed by atoms with Gasteiger partial charge in [-0.25, -0.2) is 14.4 Å². The standard InChI is InChI=1S/C10H16FN3/c1-8(2)4-3-5-12-10-13-6-9(11)7-14-10/h6-8H,3-5H2,1-2H3,(H,12,13,14). The predicted molar refractivity (Wildman–Crippen MR) is 54.6 cm³/mol. The molecule has 0 aliphatic rings. The van der Waals surface area contributed by atoms with Crippen molar-refractivity contribution >= 4 is 5.95 Å². The van der Waals surface area contributed by atoms with E-state index in [4.69, 9.17) is 0 Å². The number of rotatable bonds is 5. The number of hydrogen-bond acceptors (Lipinski definition) is 3. The summed E-state index contributed by atoms with van der Waals surface area (Å²) in [5.74, 6) is 0.804.